The summed E-state index contributed by atoms with van der Waals surface area (Å²) in [5.41, 5.74) is 1.64. The third kappa shape index (κ3) is 1.43. The predicted octanol–water partition coefficient (Wildman–Crippen LogP) is 2.50. The minimum Gasteiger partial charge on any atom is -0.507 e. The van der Waals surface area contributed by atoms with Crippen LogP contribution in [0.2, 0.25) is 0 Å². The molecule has 0 aromatic heterocycles. The maximum absolute atomic E-state index is 9.40. The zero-order chi connectivity index (χ0) is 9.14. The third-order valence-electron chi connectivity index (χ3n) is 1.84. The Bertz CT molecular complexity index is 318. The summed E-state index contributed by atoms with van der Waals surface area (Å²) in [4.78, 5) is 0. The number of phenolic OH excluding ortho intramolecular Hbond substituents is 1. The van der Waals surface area contributed by atoms with Gasteiger partial charge in [-0.3, -0.25) is 0 Å². The molecule has 0 heterocycles. The Labute approximate surface area is 73.0 Å². The molecule has 0 aliphatic carbocycles. The molecule has 1 N–H and O–H groups in total. The predicted molar refractivity (Wildman–Crippen MR) is 50.1 cm³/mol. The number of rotatable bonds is 1. The van der Waals surface area contributed by atoms with Crippen molar-refractivity contribution in [2.75, 3.05) is 0 Å². The molecule has 0 atom stereocenters. The van der Waals surface area contributed by atoms with E-state index in [1.807, 2.05) is 12.1 Å². The van der Waals surface area contributed by atoms with Gasteiger partial charge in [0.25, 0.3) is 0 Å². The summed E-state index contributed by atoms with van der Waals surface area (Å²) >= 11 is 0. The van der Waals surface area contributed by atoms with Crippen LogP contribution in [0.3, 0.4) is 0 Å². The highest BCUT2D eigenvalue weighted by Gasteiger charge is 2.07. The molecular weight excluding hydrogens is 148 g/mol. The number of hydrogen-bond acceptors (Lipinski definition) is 1. The molecule has 0 aliphatic rings. The van der Waals surface area contributed by atoms with Crippen molar-refractivity contribution >= 4 is 0 Å². The minimum atomic E-state index is 0.198. The molecule has 1 aromatic carbocycles. The minimum absolute atomic E-state index is 0.198. The van der Waals surface area contributed by atoms with Crippen LogP contribution in [0.5, 0.6) is 5.75 Å². The Morgan fingerprint density at radius 3 is 2.50 bits per heavy atom. The van der Waals surface area contributed by atoms with Gasteiger partial charge in [-0.15, -0.1) is 6.42 Å². The quantitative estimate of drug-likeness (QED) is 0.626. The van der Waals surface area contributed by atoms with Gasteiger partial charge in [0.05, 0.1) is 5.56 Å². The van der Waals surface area contributed by atoms with E-state index in [9.17, 15) is 5.11 Å². The fourth-order valence-corrected chi connectivity index (χ4v) is 1.20. The van der Waals surface area contributed by atoms with Gasteiger partial charge in [0.15, 0.2) is 0 Å². The molecule has 0 fully saturated rings. The van der Waals surface area contributed by atoms with Gasteiger partial charge in [0, 0.05) is 0 Å². The van der Waals surface area contributed by atoms with Crippen molar-refractivity contribution in [1.29, 1.82) is 0 Å². The van der Waals surface area contributed by atoms with Gasteiger partial charge < -0.3 is 5.11 Å². The number of hydrogen-bond donors (Lipinski definition) is 1. The Morgan fingerprint density at radius 2 is 2.08 bits per heavy atom. The molecule has 0 aliphatic heterocycles. The van der Waals surface area contributed by atoms with Crippen LogP contribution in [0.15, 0.2) is 18.2 Å². The summed E-state index contributed by atoms with van der Waals surface area (Å²) in [5, 5.41) is 9.40. The number of terminal acetylenes is 1. The van der Waals surface area contributed by atoms with E-state index < -0.39 is 0 Å². The van der Waals surface area contributed by atoms with Crippen molar-refractivity contribution in [3.05, 3.63) is 29.3 Å². The first-order valence-electron chi connectivity index (χ1n) is 3.95. The van der Waals surface area contributed by atoms with Crippen molar-refractivity contribution in [3.63, 3.8) is 0 Å². The van der Waals surface area contributed by atoms with Gasteiger partial charge in [-0.25, -0.2) is 0 Å². The normalized spacial score (nSPS) is 9.83. The fourth-order valence-electron chi connectivity index (χ4n) is 1.20. The van der Waals surface area contributed by atoms with Crippen LogP contribution in [0, 0.1) is 12.3 Å². The lowest BCUT2D eigenvalue weighted by molar-refractivity contribution is 0.472. The van der Waals surface area contributed by atoms with Crippen molar-refractivity contribution in [1.82, 2.24) is 0 Å². The zero-order valence-electron chi connectivity index (χ0n) is 7.33. The summed E-state index contributed by atoms with van der Waals surface area (Å²) < 4.78 is 0. The van der Waals surface area contributed by atoms with E-state index in [1.165, 1.54) is 0 Å². The molecular formula is C11H12O. The second-order valence-corrected chi connectivity index (χ2v) is 3.04. The van der Waals surface area contributed by atoms with Crippen LogP contribution < -0.4 is 0 Å². The van der Waals surface area contributed by atoms with Crippen molar-refractivity contribution < 1.29 is 5.11 Å². The van der Waals surface area contributed by atoms with Gasteiger partial charge in [0.2, 0.25) is 0 Å². The first kappa shape index (κ1) is 8.67. The summed E-state index contributed by atoms with van der Waals surface area (Å²) in [7, 11) is 0. The molecule has 0 saturated carbocycles. The Hall–Kier alpha value is -1.42. The Balaban J connectivity index is 3.30. The number of phenols is 1. The van der Waals surface area contributed by atoms with E-state index in [0.717, 1.165) is 5.56 Å². The Morgan fingerprint density at radius 1 is 1.42 bits per heavy atom. The van der Waals surface area contributed by atoms with Gasteiger partial charge in [-0.05, 0) is 17.5 Å². The summed E-state index contributed by atoms with van der Waals surface area (Å²) in [6.07, 6.45) is 5.28. The zero-order valence-corrected chi connectivity index (χ0v) is 7.33. The lowest BCUT2D eigenvalue weighted by Gasteiger charge is -2.08. The third-order valence-corrected chi connectivity index (χ3v) is 1.84. The molecule has 0 bridgehead atoms. The average molecular weight is 160 g/mol. The Kier molecular flexibility index (Phi) is 2.40. The number of benzene rings is 1. The highest BCUT2D eigenvalue weighted by atomic mass is 16.3. The SMILES string of the molecule is C#Cc1c(O)cccc1C(C)C. The van der Waals surface area contributed by atoms with Crippen LogP contribution in [-0.4, -0.2) is 5.11 Å². The van der Waals surface area contributed by atoms with Crippen LogP contribution >= 0.6 is 0 Å². The topological polar surface area (TPSA) is 20.2 Å². The van der Waals surface area contributed by atoms with E-state index in [2.05, 4.69) is 19.8 Å². The van der Waals surface area contributed by atoms with E-state index in [0.29, 0.717) is 11.5 Å². The molecule has 0 amide bonds. The van der Waals surface area contributed by atoms with Gasteiger partial charge in [-0.2, -0.15) is 0 Å². The molecule has 0 radical (unpaired) electrons. The van der Waals surface area contributed by atoms with Gasteiger partial charge >= 0.3 is 0 Å². The molecule has 1 nitrogen and oxygen atoms in total. The van der Waals surface area contributed by atoms with Crippen molar-refractivity contribution in [2.24, 2.45) is 0 Å². The van der Waals surface area contributed by atoms with Gasteiger partial charge in [-0.1, -0.05) is 31.9 Å². The molecule has 1 rings (SSSR count). The van der Waals surface area contributed by atoms with Crippen LogP contribution in [-0.2, 0) is 0 Å². The van der Waals surface area contributed by atoms with E-state index >= 15 is 0 Å². The maximum atomic E-state index is 9.40. The summed E-state index contributed by atoms with van der Waals surface area (Å²) in [5.74, 6) is 3.04. The molecule has 1 aromatic rings. The lowest BCUT2D eigenvalue weighted by atomic mass is 9.97. The molecule has 62 valence electrons. The molecule has 0 spiro atoms. The van der Waals surface area contributed by atoms with E-state index in [4.69, 9.17) is 6.42 Å². The molecule has 0 saturated heterocycles. The van der Waals surface area contributed by atoms with Crippen molar-refractivity contribution in [2.45, 2.75) is 19.8 Å². The van der Waals surface area contributed by atoms with E-state index in [-0.39, 0.29) is 5.75 Å². The monoisotopic (exact) mass is 160 g/mol. The number of aromatic hydroxyl groups is 1. The molecule has 12 heavy (non-hydrogen) atoms. The van der Waals surface area contributed by atoms with E-state index in [1.54, 1.807) is 6.07 Å². The highest BCUT2D eigenvalue weighted by Crippen LogP contribution is 2.25. The summed E-state index contributed by atoms with van der Waals surface area (Å²) in [6, 6.07) is 5.37. The van der Waals surface area contributed by atoms with Crippen molar-refractivity contribution in [3.8, 4) is 18.1 Å². The first-order valence-corrected chi connectivity index (χ1v) is 3.95. The first-order chi connectivity index (χ1) is 5.66. The smallest absolute Gasteiger partial charge is 0.131 e. The molecule has 0 unspecified atom stereocenters. The van der Waals surface area contributed by atoms with Crippen LogP contribution in [0.1, 0.15) is 30.9 Å². The lowest BCUT2D eigenvalue weighted by Crippen LogP contribution is -1.92. The second kappa shape index (κ2) is 3.32. The second-order valence-electron chi connectivity index (χ2n) is 3.04. The van der Waals surface area contributed by atoms with Crippen LogP contribution in [0.25, 0.3) is 0 Å². The maximum Gasteiger partial charge on any atom is 0.131 e. The van der Waals surface area contributed by atoms with Gasteiger partial charge in [0.1, 0.15) is 5.75 Å². The highest BCUT2D eigenvalue weighted by molar-refractivity contribution is 5.50. The summed E-state index contributed by atoms with van der Waals surface area (Å²) in [6.45, 7) is 4.10. The molecule has 1 heteroatoms. The average Bonchev–Trinajstić information content (AvgIpc) is 2.03. The largest absolute Gasteiger partial charge is 0.507 e. The van der Waals surface area contributed by atoms with Crippen LogP contribution in [0.4, 0.5) is 0 Å². The fraction of sp³-hybridized carbons (Fsp3) is 0.273. The standard InChI is InChI=1S/C11H12O/c1-4-9-10(8(2)3)6-5-7-11(9)12/h1,5-8,12H,2-3H3.